The van der Waals surface area contributed by atoms with Gasteiger partial charge in [0, 0.05) is 19.1 Å². The van der Waals surface area contributed by atoms with Crippen LogP contribution in [0, 0.1) is 5.92 Å². The Morgan fingerprint density at radius 1 is 1.29 bits per heavy atom. The fourth-order valence-electron chi connectivity index (χ4n) is 3.76. The average Bonchev–Trinajstić information content (AvgIpc) is 3.17. The molecule has 0 aromatic heterocycles. The van der Waals surface area contributed by atoms with Crippen LogP contribution in [0.2, 0.25) is 0 Å². The molecule has 2 N–H and O–H groups in total. The summed E-state index contributed by atoms with van der Waals surface area (Å²) in [6.45, 7) is 7.11. The van der Waals surface area contributed by atoms with Gasteiger partial charge in [-0.2, -0.15) is 0 Å². The van der Waals surface area contributed by atoms with Crippen LogP contribution < -0.4 is 10.6 Å². The van der Waals surface area contributed by atoms with Gasteiger partial charge in [0.05, 0.1) is 12.7 Å². The average molecular weight is 389 g/mol. The number of benzene rings is 1. The van der Waals surface area contributed by atoms with Gasteiger partial charge in [-0.05, 0) is 30.9 Å². The van der Waals surface area contributed by atoms with Crippen LogP contribution >= 0.6 is 0 Å². The highest BCUT2D eigenvalue weighted by atomic mass is 16.5. The summed E-state index contributed by atoms with van der Waals surface area (Å²) >= 11 is 0. The maximum Gasteiger partial charge on any atom is 0.408 e. The number of carbonyl (C=O) groups excluding carboxylic acids is 2. The molecule has 0 aliphatic carbocycles. The molecule has 0 saturated carbocycles. The summed E-state index contributed by atoms with van der Waals surface area (Å²) in [6.07, 6.45) is 1.82. The lowest BCUT2D eigenvalue weighted by Crippen LogP contribution is -2.54. The van der Waals surface area contributed by atoms with Gasteiger partial charge in [-0.15, -0.1) is 0 Å². The van der Waals surface area contributed by atoms with Gasteiger partial charge >= 0.3 is 6.09 Å². The van der Waals surface area contributed by atoms with Crippen molar-refractivity contribution in [2.45, 2.75) is 51.5 Å². The Morgan fingerprint density at radius 3 is 2.82 bits per heavy atom. The van der Waals surface area contributed by atoms with Crippen molar-refractivity contribution < 1.29 is 19.1 Å². The van der Waals surface area contributed by atoms with Gasteiger partial charge in [0.15, 0.2) is 0 Å². The first-order chi connectivity index (χ1) is 13.5. The second kappa shape index (κ2) is 9.89. The molecule has 0 bridgehead atoms. The molecule has 1 aromatic carbocycles. The number of nitrogens with zero attached hydrogens (tertiary/aromatic N) is 1. The van der Waals surface area contributed by atoms with Crippen LogP contribution in [0.25, 0.3) is 0 Å². The predicted octanol–water partition coefficient (Wildman–Crippen LogP) is 1.92. The lowest BCUT2D eigenvalue weighted by atomic mass is 10.0. The number of rotatable bonds is 7. The Balaban J connectivity index is 1.43. The maximum absolute atomic E-state index is 12.6. The molecule has 2 aliphatic rings. The number of hydrogen-bond acceptors (Lipinski definition) is 5. The summed E-state index contributed by atoms with van der Waals surface area (Å²) in [4.78, 5) is 27.2. The second-order valence-corrected chi connectivity index (χ2v) is 7.92. The van der Waals surface area contributed by atoms with Crippen LogP contribution in [0.3, 0.4) is 0 Å². The quantitative estimate of drug-likeness (QED) is 0.745. The Hall–Kier alpha value is -2.12. The molecule has 0 unspecified atom stereocenters. The highest BCUT2D eigenvalue weighted by Crippen LogP contribution is 2.22. The number of hydrogen-bond donors (Lipinski definition) is 2. The minimum atomic E-state index is -0.647. The van der Waals surface area contributed by atoms with Gasteiger partial charge in [0.25, 0.3) is 0 Å². The Kier molecular flexibility index (Phi) is 7.28. The summed E-state index contributed by atoms with van der Waals surface area (Å²) in [7, 11) is 0. The molecule has 0 radical (unpaired) electrons. The van der Waals surface area contributed by atoms with Gasteiger partial charge in [-0.25, -0.2) is 4.79 Å². The molecule has 2 fully saturated rings. The predicted molar refractivity (Wildman–Crippen MR) is 106 cm³/mol. The van der Waals surface area contributed by atoms with E-state index in [9.17, 15) is 9.59 Å². The number of nitrogens with one attached hydrogen (secondary N) is 2. The molecule has 1 aromatic rings. The normalized spacial score (nSPS) is 23.1. The third kappa shape index (κ3) is 5.69. The van der Waals surface area contributed by atoms with Crippen molar-refractivity contribution in [1.82, 2.24) is 15.5 Å². The third-order valence-corrected chi connectivity index (χ3v) is 5.40. The summed E-state index contributed by atoms with van der Waals surface area (Å²) in [6, 6.07) is 9.34. The van der Waals surface area contributed by atoms with Crippen molar-refractivity contribution >= 4 is 12.0 Å². The molecular weight excluding hydrogens is 358 g/mol. The highest BCUT2D eigenvalue weighted by Gasteiger charge is 2.33. The van der Waals surface area contributed by atoms with Crippen molar-refractivity contribution in [1.29, 1.82) is 0 Å². The number of morpholine rings is 1. The van der Waals surface area contributed by atoms with Crippen molar-refractivity contribution in [2.75, 3.05) is 26.2 Å². The van der Waals surface area contributed by atoms with Crippen molar-refractivity contribution in [3.8, 4) is 0 Å². The molecule has 7 heteroatoms. The fraction of sp³-hybridized carbons (Fsp3) is 0.619. The Morgan fingerprint density at radius 2 is 2.07 bits per heavy atom. The zero-order chi connectivity index (χ0) is 19.9. The second-order valence-electron chi connectivity index (χ2n) is 7.92. The summed E-state index contributed by atoms with van der Waals surface area (Å²) < 4.78 is 11.1. The van der Waals surface area contributed by atoms with E-state index in [-0.39, 0.29) is 24.5 Å². The largest absolute Gasteiger partial charge is 0.445 e. The number of ether oxygens (including phenoxy) is 2. The summed E-state index contributed by atoms with van der Waals surface area (Å²) in [5.41, 5.74) is 0.901. The molecule has 2 heterocycles. The first-order valence-corrected chi connectivity index (χ1v) is 10.1. The number of fused-ring (bicyclic) bond motifs is 1. The van der Waals surface area contributed by atoms with E-state index in [1.165, 1.54) is 12.8 Å². The molecule has 154 valence electrons. The third-order valence-electron chi connectivity index (χ3n) is 5.40. The minimum Gasteiger partial charge on any atom is -0.445 e. The van der Waals surface area contributed by atoms with Gasteiger partial charge < -0.3 is 20.1 Å². The first-order valence-electron chi connectivity index (χ1n) is 10.1. The minimum absolute atomic E-state index is 0.00357. The summed E-state index contributed by atoms with van der Waals surface area (Å²) in [5.74, 6) is -0.265. The van der Waals surface area contributed by atoms with Crippen LogP contribution in [-0.4, -0.2) is 61.3 Å². The molecule has 3 atom stereocenters. The van der Waals surface area contributed by atoms with Crippen LogP contribution in [-0.2, 0) is 20.9 Å². The van der Waals surface area contributed by atoms with Crippen LogP contribution in [0.15, 0.2) is 30.3 Å². The number of amides is 2. The fourth-order valence-corrected chi connectivity index (χ4v) is 3.76. The number of carbonyl (C=O) groups is 2. The zero-order valence-corrected chi connectivity index (χ0v) is 16.7. The van der Waals surface area contributed by atoms with Crippen LogP contribution in [0.1, 0.15) is 32.3 Å². The summed E-state index contributed by atoms with van der Waals surface area (Å²) in [5, 5.41) is 5.62. The van der Waals surface area contributed by atoms with Crippen molar-refractivity contribution in [2.24, 2.45) is 5.92 Å². The zero-order valence-electron chi connectivity index (χ0n) is 16.7. The topological polar surface area (TPSA) is 79.9 Å². The Bertz CT molecular complexity index is 652. The molecule has 2 saturated heterocycles. The van der Waals surface area contributed by atoms with Crippen molar-refractivity contribution in [3.05, 3.63) is 35.9 Å². The van der Waals surface area contributed by atoms with E-state index in [1.807, 2.05) is 44.2 Å². The standard InChI is InChI=1S/C21H31N3O4/c1-15(2)19(23-21(26)28-13-16-7-4-3-5-8-16)20(25)22-11-18-12-24-10-6-9-17(24)14-27-18/h3-5,7-8,15,17-19H,6,9-14H2,1-2H3,(H,22,25)(H,23,26)/t17-,18-,19+/m1/s1. The first kappa shape index (κ1) is 20.6. The van der Waals surface area contributed by atoms with E-state index in [4.69, 9.17) is 9.47 Å². The SMILES string of the molecule is CC(C)[C@H](NC(=O)OCc1ccccc1)C(=O)NC[C@@H]1CN2CCC[C@@H]2CO1. The number of alkyl carbamates (subject to hydrolysis) is 1. The van der Waals surface area contributed by atoms with Gasteiger partial charge in [-0.1, -0.05) is 44.2 Å². The van der Waals surface area contributed by atoms with Crippen LogP contribution in [0.4, 0.5) is 4.79 Å². The van der Waals surface area contributed by atoms with Gasteiger partial charge in [0.2, 0.25) is 5.91 Å². The van der Waals surface area contributed by atoms with E-state index in [0.717, 1.165) is 25.3 Å². The monoisotopic (exact) mass is 389 g/mol. The molecule has 0 spiro atoms. The smallest absolute Gasteiger partial charge is 0.408 e. The lowest BCUT2D eigenvalue weighted by molar-refractivity contribution is -0.125. The van der Waals surface area contributed by atoms with Gasteiger partial charge in [-0.3, -0.25) is 9.69 Å². The molecule has 2 amide bonds. The van der Waals surface area contributed by atoms with E-state index >= 15 is 0 Å². The molecule has 3 rings (SSSR count). The van der Waals surface area contributed by atoms with Crippen molar-refractivity contribution in [3.63, 3.8) is 0 Å². The van der Waals surface area contributed by atoms with E-state index in [0.29, 0.717) is 12.6 Å². The molecule has 7 nitrogen and oxygen atoms in total. The van der Waals surface area contributed by atoms with E-state index in [2.05, 4.69) is 15.5 Å². The lowest BCUT2D eigenvalue weighted by Gasteiger charge is -2.35. The Labute approximate surface area is 166 Å². The van der Waals surface area contributed by atoms with E-state index < -0.39 is 12.1 Å². The molecular formula is C21H31N3O4. The van der Waals surface area contributed by atoms with Crippen LogP contribution in [0.5, 0.6) is 0 Å². The highest BCUT2D eigenvalue weighted by molar-refractivity contribution is 5.85. The van der Waals surface area contributed by atoms with E-state index in [1.54, 1.807) is 0 Å². The molecule has 2 aliphatic heterocycles. The van der Waals surface area contributed by atoms with Gasteiger partial charge in [0.1, 0.15) is 12.6 Å². The maximum atomic E-state index is 12.6. The molecule has 28 heavy (non-hydrogen) atoms.